The summed E-state index contributed by atoms with van der Waals surface area (Å²) in [6.45, 7) is 4.12. The second-order valence-electron chi connectivity index (χ2n) is 9.06. The maximum absolute atomic E-state index is 14.8. The van der Waals surface area contributed by atoms with Crippen LogP contribution in [0.5, 0.6) is 17.2 Å². The molecule has 8 heteroatoms. The summed E-state index contributed by atoms with van der Waals surface area (Å²) in [4.78, 5) is 0. The first kappa shape index (κ1) is 26.8. The predicted octanol–water partition coefficient (Wildman–Crippen LogP) is 8.20. The molecule has 37 heavy (non-hydrogen) atoms. The van der Waals surface area contributed by atoms with Crippen LogP contribution in [0.3, 0.4) is 0 Å². The fourth-order valence-corrected chi connectivity index (χ4v) is 4.79. The largest absolute Gasteiger partial charge is 0.493 e. The van der Waals surface area contributed by atoms with Crippen LogP contribution in [0.15, 0.2) is 42.5 Å². The molecule has 0 aliphatic heterocycles. The number of benzene rings is 3. The maximum atomic E-state index is 14.8. The van der Waals surface area contributed by atoms with Crippen LogP contribution in [0.25, 0.3) is 11.1 Å². The summed E-state index contributed by atoms with van der Waals surface area (Å²) >= 11 is 0. The van der Waals surface area contributed by atoms with E-state index in [0.717, 1.165) is 18.9 Å². The lowest BCUT2D eigenvalue weighted by Crippen LogP contribution is -2.20. The Bertz CT molecular complexity index is 1240. The van der Waals surface area contributed by atoms with Gasteiger partial charge in [-0.3, -0.25) is 0 Å². The Morgan fingerprint density at radius 2 is 1.24 bits per heavy atom. The molecule has 3 aromatic carbocycles. The third-order valence-electron chi connectivity index (χ3n) is 6.73. The molecular weight excluding hydrogens is 491 g/mol. The predicted molar refractivity (Wildman–Crippen MR) is 131 cm³/mol. The molecule has 0 aromatic heterocycles. The SMILES string of the molecule is CCOc1ccc(-c2ccc(OCC3CCC(c4ccc(OCC)c(F)c4F)CC3)cc2F)c(F)c1F. The summed E-state index contributed by atoms with van der Waals surface area (Å²) in [7, 11) is 0. The van der Waals surface area contributed by atoms with Gasteiger partial charge in [0.1, 0.15) is 11.6 Å². The van der Waals surface area contributed by atoms with Gasteiger partial charge in [0.25, 0.3) is 0 Å². The first-order chi connectivity index (χ1) is 17.8. The normalized spacial score (nSPS) is 17.5. The highest BCUT2D eigenvalue weighted by atomic mass is 19.2. The van der Waals surface area contributed by atoms with E-state index in [2.05, 4.69) is 0 Å². The van der Waals surface area contributed by atoms with Crippen molar-refractivity contribution in [2.45, 2.75) is 45.4 Å². The molecule has 0 amide bonds. The van der Waals surface area contributed by atoms with Gasteiger partial charge >= 0.3 is 0 Å². The standard InChI is InChI=1S/C29H29F5O3/c1-3-35-24-13-11-20(26(31)28(24)33)18-7-5-17(6-8-18)16-37-19-9-10-21(23(30)15-19)22-12-14-25(36-4-2)29(34)27(22)32/h9-15,17-18H,3-8,16H2,1-2H3. The lowest BCUT2D eigenvalue weighted by molar-refractivity contribution is 0.198. The van der Waals surface area contributed by atoms with Crippen LogP contribution in [0.4, 0.5) is 22.0 Å². The molecule has 0 N–H and O–H groups in total. The van der Waals surface area contributed by atoms with Crippen molar-refractivity contribution < 1.29 is 36.2 Å². The molecule has 1 fully saturated rings. The van der Waals surface area contributed by atoms with Crippen LogP contribution in [0, 0.1) is 35.0 Å². The number of halogens is 5. The zero-order valence-electron chi connectivity index (χ0n) is 20.8. The molecule has 4 rings (SSSR count). The van der Waals surface area contributed by atoms with Crippen LogP contribution >= 0.6 is 0 Å². The number of hydrogen-bond donors (Lipinski definition) is 0. The molecule has 0 unspecified atom stereocenters. The Labute approximate surface area is 213 Å². The first-order valence-electron chi connectivity index (χ1n) is 12.5. The molecule has 1 saturated carbocycles. The summed E-state index contributed by atoms with van der Waals surface area (Å²) in [6, 6.07) is 9.61. The van der Waals surface area contributed by atoms with Gasteiger partial charge in [0.05, 0.1) is 19.8 Å². The Hall–Kier alpha value is -3.29. The highest BCUT2D eigenvalue weighted by Gasteiger charge is 2.27. The Morgan fingerprint density at radius 3 is 1.86 bits per heavy atom. The number of ether oxygens (including phenoxy) is 3. The van der Waals surface area contributed by atoms with Crippen molar-refractivity contribution in [3.8, 4) is 28.4 Å². The number of hydrogen-bond acceptors (Lipinski definition) is 3. The van der Waals surface area contributed by atoms with Gasteiger partial charge < -0.3 is 14.2 Å². The monoisotopic (exact) mass is 520 g/mol. The van der Waals surface area contributed by atoms with E-state index < -0.39 is 29.1 Å². The summed E-state index contributed by atoms with van der Waals surface area (Å²) in [5, 5.41) is 0. The minimum atomic E-state index is -1.18. The highest BCUT2D eigenvalue weighted by Crippen LogP contribution is 2.39. The van der Waals surface area contributed by atoms with Gasteiger partial charge in [0.15, 0.2) is 23.1 Å². The van der Waals surface area contributed by atoms with Crippen LogP contribution in [-0.2, 0) is 0 Å². The second kappa shape index (κ2) is 11.8. The van der Waals surface area contributed by atoms with E-state index in [1.54, 1.807) is 19.9 Å². The third-order valence-corrected chi connectivity index (χ3v) is 6.73. The molecule has 0 radical (unpaired) electrons. The molecule has 3 aromatic rings. The van der Waals surface area contributed by atoms with Gasteiger partial charge in [-0.15, -0.1) is 0 Å². The third kappa shape index (κ3) is 5.84. The fourth-order valence-electron chi connectivity index (χ4n) is 4.79. The highest BCUT2D eigenvalue weighted by molar-refractivity contribution is 5.66. The van der Waals surface area contributed by atoms with Crippen molar-refractivity contribution >= 4 is 0 Å². The topological polar surface area (TPSA) is 27.7 Å². The second-order valence-corrected chi connectivity index (χ2v) is 9.06. The van der Waals surface area contributed by atoms with Gasteiger partial charge in [-0.2, -0.15) is 8.78 Å². The van der Waals surface area contributed by atoms with Crippen molar-refractivity contribution in [2.24, 2.45) is 5.92 Å². The average Bonchev–Trinajstić information content (AvgIpc) is 2.90. The lowest BCUT2D eigenvalue weighted by atomic mass is 9.79. The van der Waals surface area contributed by atoms with E-state index in [-0.39, 0.29) is 53.4 Å². The molecule has 1 aliphatic carbocycles. The minimum absolute atomic E-state index is 0.0838. The van der Waals surface area contributed by atoms with Crippen LogP contribution < -0.4 is 14.2 Å². The Morgan fingerprint density at radius 1 is 0.649 bits per heavy atom. The summed E-state index contributed by atoms with van der Waals surface area (Å²) in [5.74, 6) is -4.86. The van der Waals surface area contributed by atoms with Crippen LogP contribution in [0.1, 0.15) is 51.0 Å². The van der Waals surface area contributed by atoms with Crippen molar-refractivity contribution in [1.29, 1.82) is 0 Å². The Kier molecular flexibility index (Phi) is 8.56. The van der Waals surface area contributed by atoms with Gasteiger partial charge in [0.2, 0.25) is 11.6 Å². The zero-order valence-corrected chi connectivity index (χ0v) is 20.8. The molecular formula is C29H29F5O3. The molecule has 0 saturated heterocycles. The van der Waals surface area contributed by atoms with E-state index in [0.29, 0.717) is 25.0 Å². The van der Waals surface area contributed by atoms with Crippen molar-refractivity contribution in [1.82, 2.24) is 0 Å². The molecule has 3 nitrogen and oxygen atoms in total. The fraction of sp³-hybridized carbons (Fsp3) is 0.379. The summed E-state index contributed by atoms with van der Waals surface area (Å²) in [6.07, 6.45) is 2.84. The maximum Gasteiger partial charge on any atom is 0.201 e. The lowest BCUT2D eigenvalue weighted by Gasteiger charge is -2.29. The van der Waals surface area contributed by atoms with E-state index in [1.165, 1.54) is 30.3 Å². The van der Waals surface area contributed by atoms with Gasteiger partial charge in [0, 0.05) is 17.2 Å². The molecule has 1 aliphatic rings. The van der Waals surface area contributed by atoms with Crippen molar-refractivity contribution in [2.75, 3.05) is 19.8 Å². The summed E-state index contributed by atoms with van der Waals surface area (Å²) in [5.41, 5.74) is 0.0640. The van der Waals surface area contributed by atoms with E-state index >= 15 is 0 Å². The zero-order chi connectivity index (χ0) is 26.5. The quantitative estimate of drug-likeness (QED) is 0.266. The first-order valence-corrected chi connectivity index (χ1v) is 12.5. The van der Waals surface area contributed by atoms with Gasteiger partial charge in [-0.1, -0.05) is 6.07 Å². The molecule has 198 valence electrons. The van der Waals surface area contributed by atoms with Gasteiger partial charge in [-0.05, 0) is 87.3 Å². The van der Waals surface area contributed by atoms with E-state index in [9.17, 15) is 22.0 Å². The molecule has 0 heterocycles. The van der Waals surface area contributed by atoms with Crippen molar-refractivity contribution in [3.05, 3.63) is 77.1 Å². The number of rotatable bonds is 9. The van der Waals surface area contributed by atoms with Crippen LogP contribution in [0.2, 0.25) is 0 Å². The molecule has 0 spiro atoms. The van der Waals surface area contributed by atoms with Crippen LogP contribution in [-0.4, -0.2) is 19.8 Å². The van der Waals surface area contributed by atoms with Gasteiger partial charge in [-0.25, -0.2) is 13.2 Å². The minimum Gasteiger partial charge on any atom is -0.493 e. The summed E-state index contributed by atoms with van der Waals surface area (Å²) < 4.78 is 88.2. The molecule has 0 bridgehead atoms. The average molecular weight is 521 g/mol. The van der Waals surface area contributed by atoms with E-state index in [4.69, 9.17) is 14.2 Å². The Balaban J connectivity index is 1.35. The van der Waals surface area contributed by atoms with Crippen molar-refractivity contribution in [3.63, 3.8) is 0 Å². The van der Waals surface area contributed by atoms with E-state index in [1.807, 2.05) is 0 Å². The smallest absolute Gasteiger partial charge is 0.201 e. The molecule has 0 atom stereocenters.